The lowest BCUT2D eigenvalue weighted by Gasteiger charge is -2.13. The van der Waals surface area contributed by atoms with Gasteiger partial charge in [0.25, 0.3) is 5.56 Å². The Kier molecular flexibility index (Phi) is 9.17. The number of amidine groups is 1. The molecule has 0 aliphatic heterocycles. The Hall–Kier alpha value is -3.82. The van der Waals surface area contributed by atoms with Gasteiger partial charge in [-0.15, -0.1) is 0 Å². The highest BCUT2D eigenvalue weighted by atomic mass is 79.9. The van der Waals surface area contributed by atoms with Crippen LogP contribution in [0.25, 0.3) is 22.3 Å². The quantitative estimate of drug-likeness (QED) is 0.0720. The first-order valence-corrected chi connectivity index (χ1v) is 14.1. The van der Waals surface area contributed by atoms with Crippen LogP contribution in [0.3, 0.4) is 0 Å². The number of fused-ring (bicyclic) bond motifs is 1. The molecule has 3 aromatic carbocycles. The molecular weight excluding hydrogens is 568 g/mol. The molecule has 9 heteroatoms. The summed E-state index contributed by atoms with van der Waals surface area (Å²) in [5.41, 5.74) is 5.53. The normalized spacial score (nSPS) is 13.2. The van der Waals surface area contributed by atoms with Crippen molar-refractivity contribution in [2.45, 2.75) is 47.0 Å². The van der Waals surface area contributed by atoms with Gasteiger partial charge in [-0.1, -0.05) is 66.2 Å². The van der Waals surface area contributed by atoms with Gasteiger partial charge in [-0.2, -0.15) is 0 Å². The lowest BCUT2D eigenvalue weighted by molar-refractivity contribution is -0.115. The van der Waals surface area contributed by atoms with Crippen molar-refractivity contribution in [3.05, 3.63) is 92.2 Å². The van der Waals surface area contributed by atoms with E-state index in [-0.39, 0.29) is 5.56 Å². The Bertz CT molecular complexity index is 1610. The second-order valence-electron chi connectivity index (χ2n) is 10.6. The minimum atomic E-state index is -0.226. The smallest absolute Gasteiger partial charge is 0.280 e. The number of hydrogen-bond donors (Lipinski definition) is 2. The number of nitrogen functional groups attached to an aromatic ring is 1. The fraction of sp³-hybridized carbons (Fsp3) is 0.290. The van der Waals surface area contributed by atoms with E-state index in [1.807, 2.05) is 56.3 Å². The Morgan fingerprint density at radius 3 is 2.48 bits per heavy atom. The molecule has 4 N–H and O–H groups in total. The zero-order valence-electron chi connectivity index (χ0n) is 23.3. The third-order valence-electron chi connectivity index (χ3n) is 6.71. The van der Waals surface area contributed by atoms with Crippen LogP contribution in [0.15, 0.2) is 74.9 Å². The van der Waals surface area contributed by atoms with Gasteiger partial charge in [-0.3, -0.25) is 9.59 Å². The predicted octanol–water partition coefficient (Wildman–Crippen LogP) is 5.81. The van der Waals surface area contributed by atoms with Gasteiger partial charge >= 0.3 is 0 Å². The van der Waals surface area contributed by atoms with Gasteiger partial charge in [0.1, 0.15) is 5.84 Å². The molecule has 5 rings (SSSR count). The molecule has 40 heavy (non-hydrogen) atoms. The van der Waals surface area contributed by atoms with E-state index in [0.717, 1.165) is 55.8 Å². The molecule has 1 aliphatic carbocycles. The predicted molar refractivity (Wildman–Crippen MR) is 166 cm³/mol. The molecule has 1 saturated carbocycles. The van der Waals surface area contributed by atoms with Gasteiger partial charge < -0.3 is 5.84 Å². The van der Waals surface area contributed by atoms with Crippen LogP contribution in [0.1, 0.15) is 43.4 Å². The average molecular weight is 604 g/mol. The zero-order chi connectivity index (χ0) is 29.0. The van der Waals surface area contributed by atoms with E-state index < -0.39 is 0 Å². The van der Waals surface area contributed by atoms with Crippen LogP contribution in [0.4, 0.5) is 5.69 Å². The molecule has 0 atom stereocenters. The van der Waals surface area contributed by atoms with Crippen LogP contribution in [-0.2, 0) is 11.2 Å². The Morgan fingerprint density at radius 1 is 1.15 bits per heavy atom. The van der Waals surface area contributed by atoms with E-state index in [1.54, 1.807) is 6.07 Å². The maximum absolute atomic E-state index is 12.4. The first-order valence-electron chi connectivity index (χ1n) is 13.3. The topological polar surface area (TPSA) is 120 Å². The summed E-state index contributed by atoms with van der Waals surface area (Å²) in [5, 5.41) is 1.62. The maximum Gasteiger partial charge on any atom is 0.280 e. The standard InChI is InChI=1S/C19H21N3O.C12H14BrN3O/c1-12(2)10-14-5-7-15(8-6-14)18-21-17-11-13(3)4-9-16(17)19(23)22(18)20;1-8-10(13)3-2-4-11(8)15-12(9-5-6-9)16(14)7-17/h4-9,11-12H,10,20H2,1-3H3;2-4,7,9H,5-6,14H2,1H3. The highest BCUT2D eigenvalue weighted by molar-refractivity contribution is 9.10. The summed E-state index contributed by atoms with van der Waals surface area (Å²) in [5.74, 6) is 13.7. The summed E-state index contributed by atoms with van der Waals surface area (Å²) in [6.45, 7) is 8.35. The van der Waals surface area contributed by atoms with E-state index in [4.69, 9.17) is 11.7 Å². The Morgan fingerprint density at radius 2 is 1.85 bits per heavy atom. The number of aliphatic imine (C=N–C) groups is 1. The molecule has 4 aromatic rings. The highest BCUT2D eigenvalue weighted by Crippen LogP contribution is 2.34. The van der Waals surface area contributed by atoms with Crippen molar-refractivity contribution in [3.63, 3.8) is 0 Å². The fourth-order valence-corrected chi connectivity index (χ4v) is 4.73. The number of aromatic nitrogens is 2. The molecule has 1 aromatic heterocycles. The van der Waals surface area contributed by atoms with Gasteiger partial charge in [0.05, 0.1) is 16.6 Å². The van der Waals surface area contributed by atoms with Crippen LogP contribution in [0.2, 0.25) is 0 Å². The number of halogens is 1. The number of aryl methyl sites for hydroxylation is 1. The van der Waals surface area contributed by atoms with Crippen LogP contribution in [0.5, 0.6) is 0 Å². The lowest BCUT2D eigenvalue weighted by atomic mass is 10.0. The summed E-state index contributed by atoms with van der Waals surface area (Å²) in [6.07, 6.45) is 3.73. The van der Waals surface area contributed by atoms with Gasteiger partial charge in [-0.25, -0.2) is 25.5 Å². The second kappa shape index (κ2) is 12.6. The molecule has 0 saturated heterocycles. The lowest BCUT2D eigenvalue weighted by Crippen LogP contribution is -2.37. The van der Waals surface area contributed by atoms with Crippen molar-refractivity contribution in [3.8, 4) is 11.4 Å². The van der Waals surface area contributed by atoms with Crippen molar-refractivity contribution >= 4 is 44.8 Å². The first kappa shape index (κ1) is 29.2. The van der Waals surface area contributed by atoms with E-state index >= 15 is 0 Å². The first-order chi connectivity index (χ1) is 19.1. The van der Waals surface area contributed by atoms with Gasteiger partial charge in [0.2, 0.25) is 6.41 Å². The van der Waals surface area contributed by atoms with Gasteiger partial charge in [0.15, 0.2) is 5.82 Å². The largest absolute Gasteiger partial charge is 0.334 e. The number of benzene rings is 3. The summed E-state index contributed by atoms with van der Waals surface area (Å²) in [6, 6.07) is 19.5. The molecule has 0 unspecified atom stereocenters. The van der Waals surface area contributed by atoms with Crippen molar-refractivity contribution in [1.82, 2.24) is 14.7 Å². The number of amides is 1. The molecule has 1 heterocycles. The summed E-state index contributed by atoms with van der Waals surface area (Å²) < 4.78 is 2.14. The van der Waals surface area contributed by atoms with E-state index in [0.29, 0.717) is 40.8 Å². The molecule has 1 aliphatic rings. The summed E-state index contributed by atoms with van der Waals surface area (Å²) in [4.78, 5) is 32.3. The van der Waals surface area contributed by atoms with Gasteiger partial charge in [-0.05, 0) is 80.0 Å². The van der Waals surface area contributed by atoms with Crippen LogP contribution in [-0.4, -0.2) is 26.9 Å². The van der Waals surface area contributed by atoms with Gasteiger partial charge in [0, 0.05) is 16.0 Å². The third-order valence-corrected chi connectivity index (χ3v) is 7.57. The minimum absolute atomic E-state index is 0.226. The third kappa shape index (κ3) is 6.84. The molecule has 0 bridgehead atoms. The SMILES string of the molecule is Cc1c(Br)cccc1N=C(C1CC1)N(N)C=O.Cc1ccc2c(=O)n(N)c(-c3ccc(CC(C)C)cc3)nc2c1. The van der Waals surface area contributed by atoms with Crippen LogP contribution in [0, 0.1) is 25.7 Å². The number of hydrazine groups is 1. The molecular formula is C31H35BrN6O2. The van der Waals surface area contributed by atoms with E-state index in [1.165, 1.54) is 5.56 Å². The fourth-order valence-electron chi connectivity index (χ4n) is 4.37. The molecule has 0 spiro atoms. The summed E-state index contributed by atoms with van der Waals surface area (Å²) in [7, 11) is 0. The number of hydrogen-bond acceptors (Lipinski definition) is 6. The molecule has 1 fully saturated rings. The second-order valence-corrected chi connectivity index (χ2v) is 11.4. The molecule has 208 valence electrons. The van der Waals surface area contributed by atoms with Crippen molar-refractivity contribution in [2.24, 2.45) is 22.7 Å². The Labute approximate surface area is 242 Å². The summed E-state index contributed by atoms with van der Waals surface area (Å²) >= 11 is 3.46. The van der Waals surface area contributed by atoms with Crippen LogP contribution >= 0.6 is 15.9 Å². The molecule has 8 nitrogen and oxygen atoms in total. The van der Waals surface area contributed by atoms with Crippen LogP contribution < -0.4 is 17.2 Å². The van der Waals surface area contributed by atoms with Crippen molar-refractivity contribution in [1.29, 1.82) is 0 Å². The zero-order valence-corrected chi connectivity index (χ0v) is 24.9. The van der Waals surface area contributed by atoms with Crippen molar-refractivity contribution in [2.75, 3.05) is 5.84 Å². The monoisotopic (exact) mass is 602 g/mol. The molecule has 1 amide bonds. The van der Waals surface area contributed by atoms with E-state index in [2.05, 4.69) is 51.9 Å². The number of rotatable bonds is 6. The number of nitrogens with zero attached hydrogens (tertiary/aromatic N) is 4. The minimum Gasteiger partial charge on any atom is -0.334 e. The number of carbonyl (C=O) groups excluding carboxylic acids is 1. The molecule has 0 radical (unpaired) electrons. The van der Waals surface area contributed by atoms with Crippen molar-refractivity contribution < 1.29 is 4.79 Å². The Balaban J connectivity index is 0.000000194. The maximum atomic E-state index is 12.4. The number of carbonyl (C=O) groups is 1. The highest BCUT2D eigenvalue weighted by Gasteiger charge is 2.30. The average Bonchev–Trinajstić information content (AvgIpc) is 3.77. The van der Waals surface area contributed by atoms with E-state index in [9.17, 15) is 9.59 Å². The number of nitrogens with two attached hydrogens (primary N) is 2.